The standard InChI is InChI=1S/C26H25N5/c1-30-11-13-31(14-12-30)21-8-10-22-20(15-21)17-24(27-22)19-7-9-23-25(16-19)29-26(28-23)18-5-3-2-4-6-18/h2-10,15-16H,11-14,17H2,1H3,(H,28,29). The Morgan fingerprint density at radius 3 is 2.52 bits per heavy atom. The highest BCUT2D eigenvalue weighted by Gasteiger charge is 2.20. The van der Waals surface area contributed by atoms with Gasteiger partial charge in [-0.1, -0.05) is 36.4 Å². The van der Waals surface area contributed by atoms with Gasteiger partial charge in [-0.25, -0.2) is 4.98 Å². The Hall–Kier alpha value is -3.44. The molecule has 1 fully saturated rings. The lowest BCUT2D eigenvalue weighted by molar-refractivity contribution is 0.313. The maximum atomic E-state index is 4.95. The van der Waals surface area contributed by atoms with E-state index in [1.54, 1.807) is 0 Å². The summed E-state index contributed by atoms with van der Waals surface area (Å²) in [5, 5.41) is 0. The van der Waals surface area contributed by atoms with Crippen LogP contribution in [0, 0.1) is 0 Å². The summed E-state index contributed by atoms with van der Waals surface area (Å²) in [6.07, 6.45) is 0.877. The molecule has 0 aliphatic carbocycles. The van der Waals surface area contributed by atoms with Crippen LogP contribution in [0.5, 0.6) is 0 Å². The fraction of sp³-hybridized carbons (Fsp3) is 0.231. The highest BCUT2D eigenvalue weighted by Crippen LogP contribution is 2.33. The molecule has 4 aromatic rings. The molecule has 3 aromatic carbocycles. The van der Waals surface area contributed by atoms with E-state index in [-0.39, 0.29) is 0 Å². The highest BCUT2D eigenvalue weighted by atomic mass is 15.2. The minimum atomic E-state index is 0.877. The monoisotopic (exact) mass is 407 g/mol. The van der Waals surface area contributed by atoms with Gasteiger partial charge in [0, 0.05) is 43.9 Å². The lowest BCUT2D eigenvalue weighted by atomic mass is 10.0. The number of nitrogens with one attached hydrogen (secondary N) is 1. The number of anilines is 1. The van der Waals surface area contributed by atoms with E-state index < -0.39 is 0 Å². The van der Waals surface area contributed by atoms with Gasteiger partial charge in [0.25, 0.3) is 0 Å². The number of likely N-dealkylation sites (N-methyl/N-ethyl adjacent to an activating group) is 1. The van der Waals surface area contributed by atoms with Crippen molar-refractivity contribution >= 4 is 28.1 Å². The molecule has 0 unspecified atom stereocenters. The zero-order valence-corrected chi connectivity index (χ0v) is 17.7. The second-order valence-electron chi connectivity index (χ2n) is 8.52. The van der Waals surface area contributed by atoms with Gasteiger partial charge >= 0.3 is 0 Å². The van der Waals surface area contributed by atoms with Crippen LogP contribution in [-0.4, -0.2) is 53.8 Å². The lowest BCUT2D eigenvalue weighted by Crippen LogP contribution is -2.44. The van der Waals surface area contributed by atoms with E-state index in [0.29, 0.717) is 0 Å². The summed E-state index contributed by atoms with van der Waals surface area (Å²) >= 11 is 0. The van der Waals surface area contributed by atoms with Gasteiger partial charge in [-0.15, -0.1) is 0 Å². The molecule has 1 N–H and O–H groups in total. The predicted octanol–water partition coefficient (Wildman–Crippen LogP) is 4.66. The number of fused-ring (bicyclic) bond motifs is 2. The Labute approximate surface area is 182 Å². The fourth-order valence-electron chi connectivity index (χ4n) is 4.54. The number of imidazole rings is 1. The third-order valence-corrected chi connectivity index (χ3v) is 6.41. The summed E-state index contributed by atoms with van der Waals surface area (Å²) in [6.45, 7) is 4.41. The largest absolute Gasteiger partial charge is 0.369 e. The van der Waals surface area contributed by atoms with E-state index in [4.69, 9.17) is 9.98 Å². The van der Waals surface area contributed by atoms with Gasteiger partial charge in [0.2, 0.25) is 0 Å². The zero-order chi connectivity index (χ0) is 20.8. The van der Waals surface area contributed by atoms with Crippen molar-refractivity contribution in [3.63, 3.8) is 0 Å². The van der Waals surface area contributed by atoms with Crippen LogP contribution in [0.1, 0.15) is 11.1 Å². The molecule has 1 aromatic heterocycles. The number of rotatable bonds is 3. The Bertz CT molecular complexity index is 1280. The van der Waals surface area contributed by atoms with Crippen LogP contribution in [0.25, 0.3) is 22.4 Å². The van der Waals surface area contributed by atoms with Crippen LogP contribution in [0.4, 0.5) is 11.4 Å². The molecule has 31 heavy (non-hydrogen) atoms. The van der Waals surface area contributed by atoms with Gasteiger partial charge in [0.15, 0.2) is 0 Å². The SMILES string of the molecule is CN1CCN(c2ccc3c(c2)CC(c2ccc4nc(-c5ccccc5)[nH]c4c2)=N3)CC1. The minimum Gasteiger partial charge on any atom is -0.369 e. The molecule has 6 rings (SSSR count). The van der Waals surface area contributed by atoms with Gasteiger partial charge in [-0.3, -0.25) is 4.99 Å². The molecule has 154 valence electrons. The van der Waals surface area contributed by atoms with Crippen LogP contribution in [0.15, 0.2) is 71.7 Å². The molecule has 0 amide bonds. The van der Waals surface area contributed by atoms with E-state index in [0.717, 1.165) is 72.0 Å². The first-order chi connectivity index (χ1) is 15.2. The number of hydrogen-bond donors (Lipinski definition) is 1. The van der Waals surface area contributed by atoms with Crippen molar-refractivity contribution in [2.45, 2.75) is 6.42 Å². The second-order valence-corrected chi connectivity index (χ2v) is 8.52. The number of piperazine rings is 1. The van der Waals surface area contributed by atoms with Crippen molar-refractivity contribution in [2.24, 2.45) is 4.99 Å². The number of benzene rings is 3. The van der Waals surface area contributed by atoms with Crippen LogP contribution < -0.4 is 4.90 Å². The topological polar surface area (TPSA) is 47.5 Å². The third-order valence-electron chi connectivity index (χ3n) is 6.41. The molecule has 3 heterocycles. The average molecular weight is 408 g/mol. The third kappa shape index (κ3) is 3.41. The number of nitrogens with zero attached hydrogens (tertiary/aromatic N) is 4. The predicted molar refractivity (Wildman–Crippen MR) is 128 cm³/mol. The summed E-state index contributed by atoms with van der Waals surface area (Å²) in [6, 6.07) is 23.4. The zero-order valence-electron chi connectivity index (χ0n) is 17.7. The Kier molecular flexibility index (Phi) is 4.35. The van der Waals surface area contributed by atoms with Crippen LogP contribution >= 0.6 is 0 Å². The first kappa shape index (κ1) is 18.3. The summed E-state index contributed by atoms with van der Waals surface area (Å²) in [5.41, 5.74) is 9.16. The van der Waals surface area contributed by atoms with E-state index >= 15 is 0 Å². The minimum absolute atomic E-state index is 0.877. The van der Waals surface area contributed by atoms with Gasteiger partial charge in [-0.2, -0.15) is 0 Å². The number of aliphatic imine (C=N–C) groups is 1. The second kappa shape index (κ2) is 7.36. The van der Waals surface area contributed by atoms with Gasteiger partial charge < -0.3 is 14.8 Å². The molecule has 0 saturated carbocycles. The molecular weight excluding hydrogens is 382 g/mol. The molecule has 0 bridgehead atoms. The molecule has 2 aliphatic heterocycles. The quantitative estimate of drug-likeness (QED) is 0.537. The number of aromatic nitrogens is 2. The van der Waals surface area contributed by atoms with Crippen molar-refractivity contribution in [3.05, 3.63) is 77.9 Å². The number of hydrogen-bond acceptors (Lipinski definition) is 4. The molecule has 0 radical (unpaired) electrons. The Morgan fingerprint density at radius 1 is 0.839 bits per heavy atom. The number of aromatic amines is 1. The molecule has 0 spiro atoms. The Balaban J connectivity index is 1.26. The van der Waals surface area contributed by atoms with Crippen molar-refractivity contribution < 1.29 is 0 Å². The highest BCUT2D eigenvalue weighted by molar-refractivity contribution is 6.08. The number of H-pyrrole nitrogens is 1. The van der Waals surface area contributed by atoms with Gasteiger partial charge in [-0.05, 0) is 48.5 Å². The van der Waals surface area contributed by atoms with Crippen molar-refractivity contribution in [3.8, 4) is 11.4 Å². The lowest BCUT2D eigenvalue weighted by Gasteiger charge is -2.34. The van der Waals surface area contributed by atoms with Crippen LogP contribution in [0.3, 0.4) is 0 Å². The summed E-state index contributed by atoms with van der Waals surface area (Å²) in [4.78, 5) is 18.1. The van der Waals surface area contributed by atoms with Crippen molar-refractivity contribution in [2.75, 3.05) is 38.1 Å². The van der Waals surface area contributed by atoms with E-state index in [1.807, 2.05) is 18.2 Å². The van der Waals surface area contributed by atoms with Crippen molar-refractivity contribution in [1.82, 2.24) is 14.9 Å². The molecule has 2 aliphatic rings. The normalized spacial score (nSPS) is 16.5. The van der Waals surface area contributed by atoms with E-state index in [1.165, 1.54) is 11.3 Å². The summed E-state index contributed by atoms with van der Waals surface area (Å²) in [5.74, 6) is 0.904. The van der Waals surface area contributed by atoms with Gasteiger partial charge in [0.1, 0.15) is 5.82 Å². The first-order valence-electron chi connectivity index (χ1n) is 10.9. The van der Waals surface area contributed by atoms with E-state index in [2.05, 4.69) is 70.4 Å². The summed E-state index contributed by atoms with van der Waals surface area (Å²) < 4.78 is 0. The average Bonchev–Trinajstić information content (AvgIpc) is 3.43. The maximum absolute atomic E-state index is 4.95. The first-order valence-corrected chi connectivity index (χ1v) is 10.9. The summed E-state index contributed by atoms with van der Waals surface area (Å²) in [7, 11) is 2.19. The molecule has 5 nitrogen and oxygen atoms in total. The molecule has 5 heteroatoms. The maximum Gasteiger partial charge on any atom is 0.138 e. The Morgan fingerprint density at radius 2 is 1.68 bits per heavy atom. The molecular formula is C26H25N5. The van der Waals surface area contributed by atoms with Crippen LogP contribution in [-0.2, 0) is 6.42 Å². The molecule has 0 atom stereocenters. The van der Waals surface area contributed by atoms with Crippen molar-refractivity contribution in [1.29, 1.82) is 0 Å². The smallest absolute Gasteiger partial charge is 0.138 e. The van der Waals surface area contributed by atoms with Gasteiger partial charge in [0.05, 0.1) is 22.4 Å². The molecule has 1 saturated heterocycles. The van der Waals surface area contributed by atoms with Crippen LogP contribution in [0.2, 0.25) is 0 Å². The van der Waals surface area contributed by atoms with E-state index in [9.17, 15) is 0 Å². The fourth-order valence-corrected chi connectivity index (χ4v) is 4.54.